The highest BCUT2D eigenvalue weighted by Gasteiger charge is 2.37. The molecule has 9 nitrogen and oxygen atoms in total. The Morgan fingerprint density at radius 2 is 1.72 bits per heavy atom. The molecule has 2 N–H and O–H groups in total. The number of benzene rings is 2. The maximum absolute atomic E-state index is 13.9. The second-order valence-corrected chi connectivity index (χ2v) is 13.0. The van der Waals surface area contributed by atoms with Gasteiger partial charge in [0.1, 0.15) is 11.9 Å². The van der Waals surface area contributed by atoms with Crippen LogP contribution < -0.4 is 15.0 Å². The minimum absolute atomic E-state index is 0.0217. The van der Waals surface area contributed by atoms with Crippen LogP contribution in [0, 0.1) is 0 Å². The van der Waals surface area contributed by atoms with E-state index in [1.807, 2.05) is 0 Å². The van der Waals surface area contributed by atoms with Crippen LogP contribution in [-0.2, 0) is 20.8 Å². The fourth-order valence-electron chi connectivity index (χ4n) is 4.88. The number of carbonyl (C=O) groups excluding carboxylic acids is 1. The van der Waals surface area contributed by atoms with Gasteiger partial charge in [0, 0.05) is 30.3 Å². The second kappa shape index (κ2) is 14.3. The normalized spacial score (nSPS) is 18.0. The first-order valence-electron chi connectivity index (χ1n) is 14.5. The Bertz CT molecular complexity index is 1570. The van der Waals surface area contributed by atoms with Crippen molar-refractivity contribution in [3.63, 3.8) is 0 Å². The van der Waals surface area contributed by atoms with E-state index in [0.29, 0.717) is 5.69 Å². The van der Waals surface area contributed by atoms with Gasteiger partial charge in [0.05, 0.1) is 53.7 Å². The third-order valence-electron chi connectivity index (χ3n) is 7.56. The predicted octanol–water partition coefficient (Wildman–Crippen LogP) is 5.40. The Balaban J connectivity index is 1.46. The standard InChI is InChI=1S/C31H34F5N3O6S/c1-3-30(32,33)44-19-23-15-25(45-24-11-7-21(8-12-24)31(34,35)36)17-39(23)22-9-5-20(6-10-22)29(41)38-28(18-40)27-14-13-26(16-37-27)46(42,43)4-2/h5-14,16,23,25,28,40H,3-4,15,17-19H2,1-2H3,(H,38,41)/t23-,25+,28-/m0/s1. The van der Waals surface area contributed by atoms with E-state index >= 15 is 0 Å². The van der Waals surface area contributed by atoms with Gasteiger partial charge >= 0.3 is 12.3 Å². The van der Waals surface area contributed by atoms with Gasteiger partial charge in [-0.05, 0) is 60.7 Å². The molecule has 0 aliphatic carbocycles. The van der Waals surface area contributed by atoms with Crippen LogP contribution in [0.2, 0.25) is 0 Å². The number of anilines is 1. The van der Waals surface area contributed by atoms with Crippen LogP contribution in [-0.4, -0.2) is 68.2 Å². The lowest BCUT2D eigenvalue weighted by molar-refractivity contribution is -0.241. The molecule has 1 saturated heterocycles. The molecule has 0 spiro atoms. The number of nitrogens with zero attached hydrogens (tertiary/aromatic N) is 2. The summed E-state index contributed by atoms with van der Waals surface area (Å²) in [5, 5.41) is 12.5. The first-order chi connectivity index (χ1) is 21.7. The van der Waals surface area contributed by atoms with E-state index in [1.54, 1.807) is 17.0 Å². The predicted molar refractivity (Wildman–Crippen MR) is 158 cm³/mol. The van der Waals surface area contributed by atoms with Crippen molar-refractivity contribution in [2.24, 2.45) is 0 Å². The molecule has 0 saturated carbocycles. The van der Waals surface area contributed by atoms with Gasteiger partial charge in [-0.1, -0.05) is 13.8 Å². The molecular formula is C31H34F5N3O6S. The van der Waals surface area contributed by atoms with Gasteiger partial charge in [-0.2, -0.15) is 22.0 Å². The molecular weight excluding hydrogens is 637 g/mol. The molecule has 0 radical (unpaired) electrons. The summed E-state index contributed by atoms with van der Waals surface area (Å²) in [7, 11) is -3.47. The van der Waals surface area contributed by atoms with Gasteiger partial charge in [0.2, 0.25) is 0 Å². The van der Waals surface area contributed by atoms with E-state index in [2.05, 4.69) is 10.3 Å². The highest BCUT2D eigenvalue weighted by molar-refractivity contribution is 7.91. The Hall–Kier alpha value is -3.82. The molecule has 0 bridgehead atoms. The molecule has 1 aliphatic rings. The molecule has 0 unspecified atom stereocenters. The zero-order valence-corrected chi connectivity index (χ0v) is 25.8. The van der Waals surface area contributed by atoms with E-state index in [0.717, 1.165) is 12.1 Å². The number of hydrogen-bond donors (Lipinski definition) is 2. The SMILES string of the molecule is CCC(F)(F)OC[C@@H]1C[C@@H](Oc2ccc(C(F)(F)F)cc2)CN1c1ccc(C(=O)N[C@@H](CO)c2ccc(S(=O)(=O)CC)cn2)cc1. The van der Waals surface area contributed by atoms with Crippen LogP contribution in [0.25, 0.3) is 0 Å². The smallest absolute Gasteiger partial charge is 0.416 e. The van der Waals surface area contributed by atoms with E-state index in [-0.39, 0.29) is 47.2 Å². The van der Waals surface area contributed by atoms with Gasteiger partial charge in [0.25, 0.3) is 5.91 Å². The lowest BCUT2D eigenvalue weighted by Crippen LogP contribution is -2.36. The zero-order valence-electron chi connectivity index (χ0n) is 25.0. The van der Waals surface area contributed by atoms with E-state index < -0.39 is 64.8 Å². The molecule has 2 aromatic carbocycles. The minimum Gasteiger partial charge on any atom is -0.489 e. The number of aromatic nitrogens is 1. The van der Waals surface area contributed by atoms with Crippen LogP contribution in [0.3, 0.4) is 0 Å². The Morgan fingerprint density at radius 3 is 2.26 bits per heavy atom. The molecule has 4 rings (SSSR count). The molecule has 1 fully saturated rings. The third kappa shape index (κ3) is 8.70. The van der Waals surface area contributed by atoms with Crippen molar-refractivity contribution in [1.82, 2.24) is 10.3 Å². The topological polar surface area (TPSA) is 118 Å². The molecule has 1 amide bonds. The number of aliphatic hydroxyl groups excluding tert-OH is 1. The lowest BCUT2D eigenvalue weighted by Gasteiger charge is -2.28. The number of aliphatic hydroxyl groups is 1. The maximum Gasteiger partial charge on any atom is 0.416 e. The average Bonchev–Trinajstić information content (AvgIpc) is 3.45. The summed E-state index contributed by atoms with van der Waals surface area (Å²) in [6.45, 7) is 2.15. The zero-order chi connectivity index (χ0) is 33.7. The largest absolute Gasteiger partial charge is 0.489 e. The number of hydrogen-bond acceptors (Lipinski definition) is 8. The monoisotopic (exact) mass is 671 g/mol. The number of rotatable bonds is 13. The van der Waals surface area contributed by atoms with Crippen LogP contribution in [0.4, 0.5) is 27.6 Å². The molecule has 2 heterocycles. The molecule has 1 aromatic heterocycles. The minimum atomic E-state index is -4.50. The average molecular weight is 672 g/mol. The quantitative estimate of drug-likeness (QED) is 0.232. The maximum atomic E-state index is 13.9. The van der Waals surface area contributed by atoms with Crippen molar-refractivity contribution in [2.45, 2.75) is 62.1 Å². The number of pyridine rings is 1. The van der Waals surface area contributed by atoms with Crippen molar-refractivity contribution in [1.29, 1.82) is 0 Å². The fourth-order valence-corrected chi connectivity index (χ4v) is 5.70. The molecule has 15 heteroatoms. The van der Waals surface area contributed by atoms with Gasteiger partial charge in [-0.3, -0.25) is 9.78 Å². The lowest BCUT2D eigenvalue weighted by atomic mass is 10.1. The number of alkyl halides is 5. The first-order valence-corrected chi connectivity index (χ1v) is 16.1. The number of sulfone groups is 1. The highest BCUT2D eigenvalue weighted by Crippen LogP contribution is 2.33. The van der Waals surface area contributed by atoms with Crippen LogP contribution in [0.15, 0.2) is 71.8 Å². The highest BCUT2D eigenvalue weighted by atomic mass is 32.2. The number of nitrogens with one attached hydrogen (secondary N) is 1. The molecule has 3 atom stereocenters. The third-order valence-corrected chi connectivity index (χ3v) is 9.28. The summed E-state index contributed by atoms with van der Waals surface area (Å²) in [5.74, 6) is -0.460. The van der Waals surface area contributed by atoms with Crippen molar-refractivity contribution in [3.8, 4) is 5.75 Å². The Morgan fingerprint density at radius 1 is 1.04 bits per heavy atom. The van der Waals surface area contributed by atoms with Gasteiger partial charge in [-0.15, -0.1) is 0 Å². The van der Waals surface area contributed by atoms with Crippen molar-refractivity contribution in [2.75, 3.05) is 30.4 Å². The summed E-state index contributed by atoms with van der Waals surface area (Å²) >= 11 is 0. The molecule has 250 valence electrons. The number of amides is 1. The van der Waals surface area contributed by atoms with Crippen LogP contribution in [0.1, 0.15) is 54.3 Å². The summed E-state index contributed by atoms with van der Waals surface area (Å²) in [5.41, 5.74) is 0.212. The number of halogens is 5. The Labute approximate surface area is 263 Å². The molecule has 3 aromatic rings. The fraction of sp³-hybridized carbons (Fsp3) is 0.419. The summed E-state index contributed by atoms with van der Waals surface area (Å²) in [6.07, 6.45) is -7.52. The summed E-state index contributed by atoms with van der Waals surface area (Å²) in [6, 6.07) is 11.7. The first kappa shape index (κ1) is 35.0. The van der Waals surface area contributed by atoms with Crippen LogP contribution >= 0.6 is 0 Å². The Kier molecular flexibility index (Phi) is 10.9. The van der Waals surface area contributed by atoms with Gasteiger partial charge < -0.3 is 24.8 Å². The van der Waals surface area contributed by atoms with Crippen molar-refractivity contribution < 1.29 is 49.7 Å². The van der Waals surface area contributed by atoms with Crippen molar-refractivity contribution in [3.05, 3.63) is 83.7 Å². The van der Waals surface area contributed by atoms with E-state index in [1.165, 1.54) is 56.4 Å². The molecule has 1 aliphatic heterocycles. The summed E-state index contributed by atoms with van der Waals surface area (Å²) < 4.78 is 102. The van der Waals surface area contributed by atoms with Crippen molar-refractivity contribution >= 4 is 21.4 Å². The molecule has 46 heavy (non-hydrogen) atoms. The number of ether oxygens (including phenoxy) is 2. The van der Waals surface area contributed by atoms with Gasteiger partial charge in [0.15, 0.2) is 9.84 Å². The van der Waals surface area contributed by atoms with E-state index in [9.17, 15) is 40.3 Å². The van der Waals surface area contributed by atoms with E-state index in [4.69, 9.17) is 9.47 Å². The van der Waals surface area contributed by atoms with Crippen LogP contribution in [0.5, 0.6) is 5.75 Å². The second-order valence-electron chi connectivity index (χ2n) is 10.7. The van der Waals surface area contributed by atoms with Gasteiger partial charge in [-0.25, -0.2) is 8.42 Å². The number of carbonyl (C=O) groups is 1. The summed E-state index contributed by atoms with van der Waals surface area (Å²) in [4.78, 5) is 18.9.